The van der Waals surface area contributed by atoms with Crippen molar-refractivity contribution in [3.63, 3.8) is 0 Å². The number of hydrogen-bond donors (Lipinski definition) is 0. The largest absolute Gasteiger partial charge is 0.441 e. The smallest absolute Gasteiger partial charge is 0.228 e. The molecule has 0 aliphatic carbocycles. The summed E-state index contributed by atoms with van der Waals surface area (Å²) < 4.78 is 17.2. The van der Waals surface area contributed by atoms with Gasteiger partial charge in [-0.25, -0.2) is 4.98 Å². The summed E-state index contributed by atoms with van der Waals surface area (Å²) in [5.74, 6) is 0.717. The molecule has 0 N–H and O–H groups in total. The first-order valence-electron chi connectivity index (χ1n) is 8.83. The fourth-order valence-corrected chi connectivity index (χ4v) is 3.66. The minimum absolute atomic E-state index is 0.0480. The highest BCUT2D eigenvalue weighted by Crippen LogP contribution is 2.31. The Bertz CT molecular complexity index is 804. The van der Waals surface area contributed by atoms with Crippen LogP contribution in [0.2, 0.25) is 5.02 Å². The van der Waals surface area contributed by atoms with Gasteiger partial charge in [0.15, 0.2) is 5.79 Å². The number of aromatic nitrogens is 1. The molecular formula is C19H21ClN2O4. The molecule has 0 bridgehead atoms. The SMILES string of the molecule is Cc1oc(-c2cccc(Cl)c2)nc1CC(=O)N1CCC2(CC1)OCCO2. The van der Waals surface area contributed by atoms with E-state index in [0.717, 1.165) is 5.56 Å². The number of oxazole rings is 1. The Morgan fingerprint density at radius 2 is 2.00 bits per heavy atom. The van der Waals surface area contributed by atoms with Gasteiger partial charge < -0.3 is 18.8 Å². The van der Waals surface area contributed by atoms with Crippen LogP contribution in [0, 0.1) is 6.92 Å². The molecule has 2 aliphatic heterocycles. The van der Waals surface area contributed by atoms with Gasteiger partial charge in [-0.1, -0.05) is 17.7 Å². The van der Waals surface area contributed by atoms with Crippen molar-refractivity contribution in [2.45, 2.75) is 32.0 Å². The Hall–Kier alpha value is -1.89. The maximum atomic E-state index is 12.7. The molecule has 1 spiro atoms. The molecule has 0 saturated carbocycles. The molecule has 1 aromatic heterocycles. The van der Waals surface area contributed by atoms with Crippen molar-refractivity contribution in [3.8, 4) is 11.5 Å². The van der Waals surface area contributed by atoms with E-state index in [4.69, 9.17) is 25.5 Å². The lowest BCUT2D eigenvalue weighted by Crippen LogP contribution is -2.47. The van der Waals surface area contributed by atoms with Crippen LogP contribution < -0.4 is 0 Å². The van der Waals surface area contributed by atoms with Crippen LogP contribution in [0.3, 0.4) is 0 Å². The normalized spacial score (nSPS) is 19.2. The lowest BCUT2D eigenvalue weighted by Gasteiger charge is -2.37. The first-order chi connectivity index (χ1) is 12.5. The third kappa shape index (κ3) is 3.49. The number of aryl methyl sites for hydroxylation is 1. The summed E-state index contributed by atoms with van der Waals surface area (Å²) >= 11 is 6.03. The molecule has 1 amide bonds. The van der Waals surface area contributed by atoms with E-state index >= 15 is 0 Å². The number of carbonyl (C=O) groups excluding carboxylic acids is 1. The summed E-state index contributed by atoms with van der Waals surface area (Å²) in [6.45, 7) is 4.37. The van der Waals surface area contributed by atoms with E-state index in [-0.39, 0.29) is 12.3 Å². The first-order valence-corrected chi connectivity index (χ1v) is 9.20. The maximum Gasteiger partial charge on any atom is 0.228 e. The molecule has 26 heavy (non-hydrogen) atoms. The van der Waals surface area contributed by atoms with Gasteiger partial charge in [0.05, 0.1) is 25.3 Å². The fraction of sp³-hybridized carbons (Fsp3) is 0.474. The Kier molecular flexibility index (Phi) is 4.73. The summed E-state index contributed by atoms with van der Waals surface area (Å²) in [5.41, 5.74) is 1.47. The van der Waals surface area contributed by atoms with E-state index in [9.17, 15) is 4.79 Å². The first kappa shape index (κ1) is 17.5. The van der Waals surface area contributed by atoms with Gasteiger partial charge in [-0.05, 0) is 25.1 Å². The zero-order valence-electron chi connectivity index (χ0n) is 14.7. The molecule has 6 nitrogen and oxygen atoms in total. The third-order valence-corrected chi connectivity index (χ3v) is 5.21. The van der Waals surface area contributed by atoms with Crippen molar-refractivity contribution in [2.24, 2.45) is 0 Å². The fourth-order valence-electron chi connectivity index (χ4n) is 3.47. The van der Waals surface area contributed by atoms with Crippen LogP contribution in [0.5, 0.6) is 0 Å². The van der Waals surface area contributed by atoms with Crippen molar-refractivity contribution < 1.29 is 18.7 Å². The van der Waals surface area contributed by atoms with Gasteiger partial charge in [0, 0.05) is 36.5 Å². The molecule has 3 heterocycles. The molecule has 0 unspecified atom stereocenters. The summed E-state index contributed by atoms with van der Waals surface area (Å²) in [6, 6.07) is 7.32. The molecule has 2 fully saturated rings. The van der Waals surface area contributed by atoms with Crippen LogP contribution in [-0.4, -0.2) is 47.9 Å². The molecule has 1 aromatic carbocycles. The quantitative estimate of drug-likeness (QED) is 0.823. The highest BCUT2D eigenvalue weighted by atomic mass is 35.5. The van der Waals surface area contributed by atoms with E-state index in [1.54, 1.807) is 12.1 Å². The van der Waals surface area contributed by atoms with E-state index in [1.807, 2.05) is 24.0 Å². The van der Waals surface area contributed by atoms with Gasteiger partial charge in [-0.15, -0.1) is 0 Å². The van der Waals surface area contributed by atoms with Crippen molar-refractivity contribution >= 4 is 17.5 Å². The zero-order valence-corrected chi connectivity index (χ0v) is 15.4. The zero-order chi connectivity index (χ0) is 18.1. The summed E-state index contributed by atoms with van der Waals surface area (Å²) in [7, 11) is 0. The number of halogens is 1. The number of likely N-dealkylation sites (tertiary alicyclic amines) is 1. The Balaban J connectivity index is 1.42. The molecular weight excluding hydrogens is 356 g/mol. The second-order valence-corrected chi connectivity index (χ2v) is 7.13. The predicted molar refractivity (Wildman–Crippen MR) is 95.8 cm³/mol. The van der Waals surface area contributed by atoms with Crippen molar-refractivity contribution in [2.75, 3.05) is 26.3 Å². The van der Waals surface area contributed by atoms with Crippen molar-refractivity contribution in [3.05, 3.63) is 40.7 Å². The number of ether oxygens (including phenoxy) is 2. The Morgan fingerprint density at radius 3 is 2.69 bits per heavy atom. The third-order valence-electron chi connectivity index (χ3n) is 4.97. The average Bonchev–Trinajstić information content (AvgIpc) is 3.23. The lowest BCUT2D eigenvalue weighted by molar-refractivity contribution is -0.187. The van der Waals surface area contributed by atoms with Crippen LogP contribution in [0.4, 0.5) is 0 Å². The molecule has 2 aliphatic rings. The number of rotatable bonds is 3. The van der Waals surface area contributed by atoms with Gasteiger partial charge in [-0.3, -0.25) is 4.79 Å². The topological polar surface area (TPSA) is 64.8 Å². The number of nitrogens with zero attached hydrogens (tertiary/aromatic N) is 2. The minimum atomic E-state index is -0.472. The molecule has 7 heteroatoms. The second kappa shape index (κ2) is 7.02. The summed E-state index contributed by atoms with van der Waals surface area (Å²) in [6.07, 6.45) is 1.65. The molecule has 138 valence electrons. The van der Waals surface area contributed by atoms with Gasteiger partial charge in [-0.2, -0.15) is 0 Å². The summed E-state index contributed by atoms with van der Waals surface area (Å²) in [5, 5.41) is 0.620. The van der Waals surface area contributed by atoms with Gasteiger partial charge in [0.2, 0.25) is 11.8 Å². The standard InChI is InChI=1S/C19H21ClN2O4/c1-13-16(21-18(26-13)14-3-2-4-15(20)11-14)12-17(23)22-7-5-19(6-8-22)24-9-10-25-19/h2-4,11H,5-10,12H2,1H3. The highest BCUT2D eigenvalue weighted by molar-refractivity contribution is 6.30. The van der Waals surface area contributed by atoms with Crippen molar-refractivity contribution in [1.29, 1.82) is 0 Å². The van der Waals surface area contributed by atoms with E-state index in [2.05, 4.69) is 4.98 Å². The van der Waals surface area contributed by atoms with Gasteiger partial charge in [0.1, 0.15) is 5.76 Å². The van der Waals surface area contributed by atoms with Crippen LogP contribution in [-0.2, 0) is 20.7 Å². The van der Waals surface area contributed by atoms with Crippen LogP contribution in [0.15, 0.2) is 28.7 Å². The second-order valence-electron chi connectivity index (χ2n) is 6.70. The average molecular weight is 377 g/mol. The Labute approximate surface area is 157 Å². The van der Waals surface area contributed by atoms with Gasteiger partial charge in [0.25, 0.3) is 0 Å². The predicted octanol–water partition coefficient (Wildman–Crippen LogP) is 3.21. The van der Waals surface area contributed by atoms with Crippen LogP contribution in [0.1, 0.15) is 24.3 Å². The lowest BCUT2D eigenvalue weighted by atomic mass is 10.0. The Morgan fingerprint density at radius 1 is 1.27 bits per heavy atom. The van der Waals surface area contributed by atoms with Crippen LogP contribution in [0.25, 0.3) is 11.5 Å². The van der Waals surface area contributed by atoms with Gasteiger partial charge >= 0.3 is 0 Å². The monoisotopic (exact) mass is 376 g/mol. The molecule has 2 saturated heterocycles. The van der Waals surface area contributed by atoms with E-state index in [1.165, 1.54) is 0 Å². The number of benzene rings is 1. The molecule has 0 atom stereocenters. The van der Waals surface area contributed by atoms with E-state index in [0.29, 0.717) is 61.5 Å². The number of amides is 1. The summed E-state index contributed by atoms with van der Waals surface area (Å²) in [4.78, 5) is 19.0. The number of carbonyl (C=O) groups is 1. The van der Waals surface area contributed by atoms with Crippen molar-refractivity contribution in [1.82, 2.24) is 9.88 Å². The van der Waals surface area contributed by atoms with Crippen LogP contribution >= 0.6 is 11.6 Å². The molecule has 4 rings (SSSR count). The highest BCUT2D eigenvalue weighted by Gasteiger charge is 2.40. The van der Waals surface area contributed by atoms with E-state index < -0.39 is 5.79 Å². The molecule has 0 radical (unpaired) electrons. The molecule has 2 aromatic rings. The minimum Gasteiger partial charge on any atom is -0.441 e. The maximum absolute atomic E-state index is 12.7. The number of hydrogen-bond acceptors (Lipinski definition) is 5. The number of piperidine rings is 1.